The minimum atomic E-state index is 0.179. The summed E-state index contributed by atoms with van der Waals surface area (Å²) in [5.41, 5.74) is 0. The number of rotatable bonds is 4. The van der Waals surface area contributed by atoms with Crippen LogP contribution in [-0.4, -0.2) is 30.1 Å². The summed E-state index contributed by atoms with van der Waals surface area (Å²) in [5.74, 6) is 0.525. The Kier molecular flexibility index (Phi) is 5.09. The quantitative estimate of drug-likeness (QED) is 0.795. The summed E-state index contributed by atoms with van der Waals surface area (Å²) in [6, 6.07) is 4.54. The van der Waals surface area contributed by atoms with E-state index in [4.69, 9.17) is 4.74 Å². The van der Waals surface area contributed by atoms with E-state index in [2.05, 4.69) is 34.6 Å². The van der Waals surface area contributed by atoms with Crippen molar-refractivity contribution < 1.29 is 9.53 Å². The van der Waals surface area contributed by atoms with E-state index in [-0.39, 0.29) is 5.92 Å². The number of hydrogen-bond acceptors (Lipinski definition) is 3. The molecule has 1 saturated heterocycles. The largest absolute Gasteiger partial charge is 0.381 e. The predicted octanol–water partition coefficient (Wildman–Crippen LogP) is 3.61. The van der Waals surface area contributed by atoms with E-state index in [1.165, 1.54) is 4.88 Å². The molecule has 1 amide bonds. The second kappa shape index (κ2) is 7.23. The molecule has 1 aromatic rings. The second-order valence-corrected chi connectivity index (χ2v) is 6.90. The van der Waals surface area contributed by atoms with Crippen LogP contribution in [0.1, 0.15) is 37.0 Å². The molecule has 1 aromatic heterocycles. The molecule has 1 atom stereocenters. The zero-order valence-corrected chi connectivity index (χ0v) is 13.2. The number of carbonyl (C=O) groups excluding carboxylic acids is 1. The molecular weight excluding hydrogens is 282 g/mol. The van der Waals surface area contributed by atoms with Gasteiger partial charge in [-0.25, -0.2) is 0 Å². The van der Waals surface area contributed by atoms with Gasteiger partial charge in [0.05, 0.1) is 6.54 Å². The minimum absolute atomic E-state index is 0.179. The van der Waals surface area contributed by atoms with Crippen LogP contribution in [0.25, 0.3) is 0 Å². The van der Waals surface area contributed by atoms with E-state index < -0.39 is 0 Å². The van der Waals surface area contributed by atoms with E-state index in [1.54, 1.807) is 11.3 Å². The van der Waals surface area contributed by atoms with Gasteiger partial charge in [0.2, 0.25) is 5.91 Å². The van der Waals surface area contributed by atoms with Crippen molar-refractivity contribution in [2.45, 2.75) is 44.7 Å². The first-order chi connectivity index (χ1) is 10.3. The maximum atomic E-state index is 13.0. The molecule has 1 aliphatic heterocycles. The van der Waals surface area contributed by atoms with Crippen molar-refractivity contribution in [1.82, 2.24) is 4.90 Å². The standard InChI is InChI=1S/C17H23NO2S/c19-17(14-5-2-1-3-6-14)18(13-16-7-4-12-21-16)15-8-10-20-11-9-15/h1-2,4,7,12,14-15H,3,5-6,8-11,13H2/t14-/m1/s1. The van der Waals surface area contributed by atoms with Crippen molar-refractivity contribution in [3.63, 3.8) is 0 Å². The molecule has 0 bridgehead atoms. The molecule has 0 aromatic carbocycles. The van der Waals surface area contributed by atoms with Gasteiger partial charge in [-0.05, 0) is 43.6 Å². The highest BCUT2D eigenvalue weighted by Gasteiger charge is 2.30. The number of carbonyl (C=O) groups is 1. The highest BCUT2D eigenvalue weighted by atomic mass is 32.1. The molecule has 0 saturated carbocycles. The first kappa shape index (κ1) is 14.8. The fourth-order valence-corrected chi connectivity index (χ4v) is 3.91. The van der Waals surface area contributed by atoms with Crippen LogP contribution in [0.3, 0.4) is 0 Å². The Morgan fingerprint density at radius 2 is 2.14 bits per heavy atom. The van der Waals surface area contributed by atoms with E-state index in [1.807, 2.05) is 0 Å². The van der Waals surface area contributed by atoms with E-state index in [9.17, 15) is 4.79 Å². The Labute approximate surface area is 130 Å². The Morgan fingerprint density at radius 3 is 2.81 bits per heavy atom. The summed E-state index contributed by atoms with van der Waals surface area (Å²) < 4.78 is 5.46. The normalized spacial score (nSPS) is 23.1. The van der Waals surface area contributed by atoms with Crippen LogP contribution in [-0.2, 0) is 16.1 Å². The maximum absolute atomic E-state index is 13.0. The van der Waals surface area contributed by atoms with E-state index in [0.29, 0.717) is 11.9 Å². The van der Waals surface area contributed by atoms with Crippen molar-refractivity contribution >= 4 is 17.2 Å². The zero-order valence-electron chi connectivity index (χ0n) is 12.4. The monoisotopic (exact) mass is 305 g/mol. The highest BCUT2D eigenvalue weighted by Crippen LogP contribution is 2.26. The van der Waals surface area contributed by atoms with Crippen LogP contribution in [0, 0.1) is 5.92 Å². The summed E-state index contributed by atoms with van der Waals surface area (Å²) >= 11 is 1.74. The molecule has 1 aliphatic carbocycles. The van der Waals surface area contributed by atoms with Gasteiger partial charge in [0, 0.05) is 30.1 Å². The van der Waals surface area contributed by atoms with Crippen molar-refractivity contribution in [2.24, 2.45) is 5.92 Å². The van der Waals surface area contributed by atoms with E-state index in [0.717, 1.165) is 51.9 Å². The molecule has 0 spiro atoms. The van der Waals surface area contributed by atoms with Crippen LogP contribution in [0.4, 0.5) is 0 Å². The van der Waals surface area contributed by atoms with Crippen molar-refractivity contribution in [3.05, 3.63) is 34.5 Å². The van der Waals surface area contributed by atoms with Gasteiger partial charge in [-0.15, -0.1) is 11.3 Å². The number of ether oxygens (including phenoxy) is 1. The third-order valence-corrected chi connectivity index (χ3v) is 5.30. The summed E-state index contributed by atoms with van der Waals surface area (Å²) in [7, 11) is 0. The molecule has 1 fully saturated rings. The molecule has 0 N–H and O–H groups in total. The van der Waals surface area contributed by atoms with Crippen LogP contribution in [0.2, 0.25) is 0 Å². The van der Waals surface area contributed by atoms with Crippen LogP contribution in [0.15, 0.2) is 29.7 Å². The van der Waals surface area contributed by atoms with Gasteiger partial charge in [0.1, 0.15) is 0 Å². The fraction of sp³-hybridized carbons (Fsp3) is 0.588. The van der Waals surface area contributed by atoms with Gasteiger partial charge < -0.3 is 9.64 Å². The smallest absolute Gasteiger partial charge is 0.226 e. The topological polar surface area (TPSA) is 29.5 Å². The third-order valence-electron chi connectivity index (χ3n) is 4.44. The molecule has 0 radical (unpaired) electrons. The number of allylic oxidation sites excluding steroid dienone is 2. The molecular formula is C17H23NO2S. The zero-order chi connectivity index (χ0) is 14.5. The molecule has 2 aliphatic rings. The number of thiophene rings is 1. The van der Waals surface area contributed by atoms with Crippen molar-refractivity contribution in [2.75, 3.05) is 13.2 Å². The Balaban J connectivity index is 1.73. The van der Waals surface area contributed by atoms with Crippen molar-refractivity contribution in [3.8, 4) is 0 Å². The first-order valence-electron chi connectivity index (χ1n) is 7.90. The lowest BCUT2D eigenvalue weighted by molar-refractivity contribution is -0.140. The minimum Gasteiger partial charge on any atom is -0.381 e. The molecule has 2 heterocycles. The van der Waals surface area contributed by atoms with E-state index >= 15 is 0 Å². The maximum Gasteiger partial charge on any atom is 0.226 e. The van der Waals surface area contributed by atoms with Crippen LogP contribution in [0.5, 0.6) is 0 Å². The molecule has 0 unspecified atom stereocenters. The Bertz CT molecular complexity index is 477. The lowest BCUT2D eigenvalue weighted by Crippen LogP contribution is -2.45. The average molecular weight is 305 g/mol. The fourth-order valence-electron chi connectivity index (χ4n) is 3.21. The lowest BCUT2D eigenvalue weighted by Gasteiger charge is -2.36. The summed E-state index contributed by atoms with van der Waals surface area (Å²) in [6.07, 6.45) is 9.25. The van der Waals surface area contributed by atoms with Crippen LogP contribution < -0.4 is 0 Å². The van der Waals surface area contributed by atoms with Gasteiger partial charge in [0.15, 0.2) is 0 Å². The molecule has 3 rings (SSSR count). The summed E-state index contributed by atoms with van der Waals surface area (Å²) in [6.45, 7) is 2.33. The number of nitrogens with zero attached hydrogens (tertiary/aromatic N) is 1. The molecule has 21 heavy (non-hydrogen) atoms. The molecule has 4 heteroatoms. The second-order valence-electron chi connectivity index (χ2n) is 5.87. The van der Waals surface area contributed by atoms with Gasteiger partial charge in [-0.3, -0.25) is 4.79 Å². The van der Waals surface area contributed by atoms with Crippen LogP contribution >= 0.6 is 11.3 Å². The average Bonchev–Trinajstić information content (AvgIpc) is 3.07. The Morgan fingerprint density at radius 1 is 1.29 bits per heavy atom. The Hall–Kier alpha value is -1.13. The highest BCUT2D eigenvalue weighted by molar-refractivity contribution is 7.09. The van der Waals surface area contributed by atoms with Gasteiger partial charge in [-0.1, -0.05) is 18.2 Å². The lowest BCUT2D eigenvalue weighted by atomic mass is 9.92. The molecule has 114 valence electrons. The SMILES string of the molecule is O=C([C@@H]1CC=CCC1)N(Cc1cccs1)C1CCOCC1. The first-order valence-corrected chi connectivity index (χ1v) is 8.78. The third kappa shape index (κ3) is 3.74. The number of hydrogen-bond donors (Lipinski definition) is 0. The summed E-state index contributed by atoms with van der Waals surface area (Å²) in [5, 5.41) is 2.09. The predicted molar refractivity (Wildman–Crippen MR) is 85.2 cm³/mol. The number of amides is 1. The van der Waals surface area contributed by atoms with Gasteiger partial charge in [-0.2, -0.15) is 0 Å². The van der Waals surface area contributed by atoms with Crippen molar-refractivity contribution in [1.29, 1.82) is 0 Å². The molecule has 3 nitrogen and oxygen atoms in total. The summed E-state index contributed by atoms with van der Waals surface area (Å²) in [4.78, 5) is 16.4. The van der Waals surface area contributed by atoms with Gasteiger partial charge in [0.25, 0.3) is 0 Å². The van der Waals surface area contributed by atoms with Gasteiger partial charge >= 0.3 is 0 Å².